The number of nitrogen functional groups attached to an aromatic ring is 1. The Labute approximate surface area is 120 Å². The van der Waals surface area contributed by atoms with Crippen LogP contribution >= 0.6 is 0 Å². The van der Waals surface area contributed by atoms with E-state index in [1.54, 1.807) is 12.1 Å². The molecule has 1 aromatic carbocycles. The number of ether oxygens (including phenoxy) is 1. The van der Waals surface area contributed by atoms with Gasteiger partial charge >= 0.3 is 6.18 Å². The highest BCUT2D eigenvalue weighted by Gasteiger charge is 2.28. The van der Waals surface area contributed by atoms with Crippen LogP contribution in [0.5, 0.6) is 5.75 Å². The second-order valence-corrected chi connectivity index (χ2v) is 4.64. The van der Waals surface area contributed by atoms with E-state index in [0.717, 1.165) is 18.5 Å². The molecule has 0 saturated carbocycles. The molecule has 1 heterocycles. The van der Waals surface area contributed by atoms with Crippen LogP contribution in [0.2, 0.25) is 0 Å². The first-order valence-corrected chi connectivity index (χ1v) is 6.53. The molecule has 7 heteroatoms. The Morgan fingerprint density at radius 3 is 2.67 bits per heavy atom. The lowest BCUT2D eigenvalue weighted by Crippen LogP contribution is -2.19. The summed E-state index contributed by atoms with van der Waals surface area (Å²) < 4.78 is 41.2. The van der Waals surface area contributed by atoms with E-state index in [1.807, 2.05) is 6.92 Å². The van der Waals surface area contributed by atoms with Gasteiger partial charge in [-0.2, -0.15) is 13.2 Å². The topological polar surface area (TPSA) is 60.2 Å². The molecule has 0 saturated heterocycles. The maximum Gasteiger partial charge on any atom is 0.422 e. The van der Waals surface area contributed by atoms with Gasteiger partial charge in [-0.3, -0.25) is 10.8 Å². The third-order valence-electron chi connectivity index (χ3n) is 2.90. The van der Waals surface area contributed by atoms with Crippen molar-refractivity contribution in [1.82, 2.24) is 4.98 Å². The maximum atomic E-state index is 12.2. The molecule has 114 valence electrons. The largest absolute Gasteiger partial charge is 0.484 e. The third-order valence-corrected chi connectivity index (χ3v) is 2.90. The normalized spacial score (nSPS) is 11.7. The van der Waals surface area contributed by atoms with E-state index in [4.69, 9.17) is 10.6 Å². The first kappa shape index (κ1) is 15.4. The van der Waals surface area contributed by atoms with Crippen molar-refractivity contribution in [2.24, 2.45) is 5.84 Å². The highest BCUT2D eigenvalue weighted by atomic mass is 19.4. The number of anilines is 1. The zero-order valence-electron chi connectivity index (χ0n) is 11.5. The molecule has 0 aliphatic heterocycles. The van der Waals surface area contributed by atoms with Gasteiger partial charge < -0.3 is 10.2 Å². The number of benzene rings is 1. The van der Waals surface area contributed by atoms with E-state index in [0.29, 0.717) is 16.6 Å². The molecule has 0 aliphatic rings. The van der Waals surface area contributed by atoms with E-state index in [-0.39, 0.29) is 5.75 Å². The van der Waals surface area contributed by atoms with E-state index in [1.165, 1.54) is 12.1 Å². The highest BCUT2D eigenvalue weighted by Crippen LogP contribution is 2.28. The Balaban J connectivity index is 2.35. The lowest BCUT2D eigenvalue weighted by Gasteiger charge is -2.12. The number of aromatic nitrogens is 1. The minimum absolute atomic E-state index is 0.126. The van der Waals surface area contributed by atoms with E-state index in [2.05, 4.69) is 10.4 Å². The summed E-state index contributed by atoms with van der Waals surface area (Å²) in [6, 6.07) is 6.39. The number of halogens is 3. The maximum absolute atomic E-state index is 12.2. The van der Waals surface area contributed by atoms with Crippen LogP contribution in [0.15, 0.2) is 24.3 Å². The summed E-state index contributed by atoms with van der Waals surface area (Å²) in [5, 5.41) is 0.622. The van der Waals surface area contributed by atoms with Crippen LogP contribution in [0.25, 0.3) is 10.9 Å². The molecule has 2 rings (SSSR count). The number of rotatable bonds is 5. The van der Waals surface area contributed by atoms with Gasteiger partial charge in [-0.15, -0.1) is 0 Å². The molecule has 0 fully saturated rings. The zero-order chi connectivity index (χ0) is 15.5. The summed E-state index contributed by atoms with van der Waals surface area (Å²) in [5.41, 5.74) is 4.70. The number of aryl methyl sites for hydroxylation is 1. The number of hydrazine groups is 1. The highest BCUT2D eigenvalue weighted by molar-refractivity contribution is 5.92. The van der Waals surface area contributed by atoms with Crippen molar-refractivity contribution in [3.05, 3.63) is 30.0 Å². The fraction of sp³-hybridized carbons (Fsp3) is 0.357. The number of nitrogens with one attached hydrogen (secondary N) is 1. The predicted molar refractivity (Wildman–Crippen MR) is 75.1 cm³/mol. The summed E-state index contributed by atoms with van der Waals surface area (Å²) in [7, 11) is 0. The Kier molecular flexibility index (Phi) is 4.52. The third kappa shape index (κ3) is 3.98. The van der Waals surface area contributed by atoms with Crippen LogP contribution in [-0.2, 0) is 6.42 Å². The van der Waals surface area contributed by atoms with Gasteiger partial charge in [0.15, 0.2) is 6.61 Å². The molecule has 0 atom stereocenters. The smallest absolute Gasteiger partial charge is 0.422 e. The van der Waals surface area contributed by atoms with Crippen molar-refractivity contribution < 1.29 is 17.9 Å². The molecular formula is C14H16F3N3O. The molecule has 2 aromatic rings. The SMILES string of the molecule is CCCc1cc(NN)c2cc(OCC(F)(F)F)ccc2n1. The van der Waals surface area contributed by atoms with Crippen molar-refractivity contribution >= 4 is 16.6 Å². The van der Waals surface area contributed by atoms with Crippen LogP contribution in [0, 0.1) is 0 Å². The van der Waals surface area contributed by atoms with Crippen molar-refractivity contribution in [2.45, 2.75) is 25.9 Å². The quantitative estimate of drug-likeness (QED) is 0.656. The second-order valence-electron chi connectivity index (χ2n) is 4.64. The minimum Gasteiger partial charge on any atom is -0.484 e. The molecule has 0 spiro atoms. The number of pyridine rings is 1. The molecule has 3 N–H and O–H groups in total. The summed E-state index contributed by atoms with van der Waals surface area (Å²) in [6.07, 6.45) is -2.63. The number of nitrogens with zero attached hydrogens (tertiary/aromatic N) is 1. The van der Waals surface area contributed by atoms with Gasteiger partial charge in [-0.05, 0) is 30.7 Å². The molecule has 0 amide bonds. The van der Waals surface area contributed by atoms with Crippen LogP contribution in [0.4, 0.5) is 18.9 Å². The summed E-state index contributed by atoms with van der Waals surface area (Å²) >= 11 is 0. The molecule has 1 aromatic heterocycles. The lowest BCUT2D eigenvalue weighted by molar-refractivity contribution is -0.153. The molecule has 0 unspecified atom stereocenters. The Hall–Kier alpha value is -2.02. The van der Waals surface area contributed by atoms with Gasteiger partial charge in [0.1, 0.15) is 5.75 Å². The number of nitrogens with two attached hydrogens (primary N) is 1. The van der Waals surface area contributed by atoms with E-state index < -0.39 is 12.8 Å². The minimum atomic E-state index is -4.37. The fourth-order valence-corrected chi connectivity index (χ4v) is 2.02. The Morgan fingerprint density at radius 2 is 2.05 bits per heavy atom. The van der Waals surface area contributed by atoms with Gasteiger partial charge in [0, 0.05) is 11.1 Å². The molecule has 0 bridgehead atoms. The van der Waals surface area contributed by atoms with E-state index >= 15 is 0 Å². The van der Waals surface area contributed by atoms with Crippen LogP contribution in [0.3, 0.4) is 0 Å². The number of alkyl halides is 3. The fourth-order valence-electron chi connectivity index (χ4n) is 2.02. The molecule has 0 aliphatic carbocycles. The lowest BCUT2D eigenvalue weighted by atomic mass is 10.1. The van der Waals surface area contributed by atoms with Crippen molar-refractivity contribution in [3.63, 3.8) is 0 Å². The Morgan fingerprint density at radius 1 is 1.29 bits per heavy atom. The van der Waals surface area contributed by atoms with Gasteiger partial charge in [0.05, 0.1) is 11.2 Å². The first-order chi connectivity index (χ1) is 9.93. The molecule has 0 radical (unpaired) electrons. The van der Waals surface area contributed by atoms with Gasteiger partial charge in [0.2, 0.25) is 0 Å². The van der Waals surface area contributed by atoms with Gasteiger partial charge in [-0.1, -0.05) is 13.3 Å². The van der Waals surface area contributed by atoms with Crippen molar-refractivity contribution in [3.8, 4) is 5.75 Å². The monoisotopic (exact) mass is 299 g/mol. The average Bonchev–Trinajstić information content (AvgIpc) is 2.44. The standard InChI is InChI=1S/C14H16F3N3O/c1-2-3-9-6-13(20-18)11-7-10(4-5-12(11)19-9)21-8-14(15,16)17/h4-7H,2-3,8,18H2,1H3,(H,19,20). The van der Waals surface area contributed by atoms with E-state index in [9.17, 15) is 13.2 Å². The number of hydrogen-bond donors (Lipinski definition) is 2. The Bertz CT molecular complexity index is 629. The summed E-state index contributed by atoms with van der Waals surface area (Å²) in [6.45, 7) is 0.709. The van der Waals surface area contributed by atoms with Crippen molar-refractivity contribution in [1.29, 1.82) is 0 Å². The van der Waals surface area contributed by atoms with Gasteiger partial charge in [-0.25, -0.2) is 0 Å². The zero-order valence-corrected chi connectivity index (χ0v) is 11.5. The van der Waals surface area contributed by atoms with Crippen LogP contribution < -0.4 is 16.0 Å². The van der Waals surface area contributed by atoms with Gasteiger partial charge in [0.25, 0.3) is 0 Å². The second kappa shape index (κ2) is 6.17. The van der Waals surface area contributed by atoms with Crippen LogP contribution in [-0.4, -0.2) is 17.8 Å². The number of hydrogen-bond acceptors (Lipinski definition) is 4. The van der Waals surface area contributed by atoms with Crippen LogP contribution in [0.1, 0.15) is 19.0 Å². The molecule has 4 nitrogen and oxygen atoms in total. The summed E-state index contributed by atoms with van der Waals surface area (Å²) in [4.78, 5) is 4.45. The molecule has 21 heavy (non-hydrogen) atoms. The molecular weight excluding hydrogens is 283 g/mol. The number of fused-ring (bicyclic) bond motifs is 1. The predicted octanol–water partition coefficient (Wildman–Crippen LogP) is 3.41. The average molecular weight is 299 g/mol. The van der Waals surface area contributed by atoms with Crippen molar-refractivity contribution in [2.75, 3.05) is 12.0 Å². The first-order valence-electron chi connectivity index (χ1n) is 6.53. The summed E-state index contributed by atoms with van der Waals surface area (Å²) in [5.74, 6) is 5.60.